The topological polar surface area (TPSA) is 82.4 Å². The molecule has 3 atom stereocenters. The molecule has 1 aromatic heterocycles. The number of aromatic nitrogens is 4. The number of benzene rings is 1. The summed E-state index contributed by atoms with van der Waals surface area (Å²) in [5.74, 6) is 0.144. The van der Waals surface area contributed by atoms with Gasteiger partial charge in [0.25, 0.3) is 0 Å². The summed E-state index contributed by atoms with van der Waals surface area (Å²) >= 11 is 0. The Morgan fingerprint density at radius 2 is 2.07 bits per heavy atom. The van der Waals surface area contributed by atoms with Crippen molar-refractivity contribution in [1.82, 2.24) is 25.1 Å². The van der Waals surface area contributed by atoms with Crippen LogP contribution >= 0.6 is 0 Å². The van der Waals surface area contributed by atoms with Crippen molar-refractivity contribution < 1.29 is 14.3 Å². The minimum atomic E-state index is -0.214. The Labute approximate surface area is 158 Å². The van der Waals surface area contributed by atoms with Gasteiger partial charge in [-0.05, 0) is 53.8 Å². The summed E-state index contributed by atoms with van der Waals surface area (Å²) in [6, 6.07) is 7.84. The number of amides is 1. The molecule has 8 nitrogen and oxygen atoms in total. The highest BCUT2D eigenvalue weighted by molar-refractivity contribution is 5.79. The highest BCUT2D eigenvalue weighted by Gasteiger charge is 2.52. The fourth-order valence-corrected chi connectivity index (χ4v) is 4.50. The second kappa shape index (κ2) is 7.36. The minimum absolute atomic E-state index is 0.0918. The van der Waals surface area contributed by atoms with E-state index in [1.165, 1.54) is 0 Å². The largest absolute Gasteiger partial charge is 0.381 e. The first-order chi connectivity index (χ1) is 13.1. The van der Waals surface area contributed by atoms with E-state index in [0.717, 1.165) is 43.5 Å². The Balaban J connectivity index is 1.46. The highest BCUT2D eigenvalue weighted by atomic mass is 16.5. The summed E-state index contributed by atoms with van der Waals surface area (Å²) in [6.45, 7) is 0.747. The molecule has 2 aromatic rings. The third-order valence-electron chi connectivity index (χ3n) is 6.10. The molecule has 1 aliphatic carbocycles. The molecule has 2 aliphatic rings. The van der Waals surface area contributed by atoms with E-state index in [0.29, 0.717) is 6.42 Å². The number of hydrogen-bond acceptors (Lipinski definition) is 6. The molecule has 1 aromatic carbocycles. The molecule has 3 unspecified atom stereocenters. The molecule has 0 spiro atoms. The van der Waals surface area contributed by atoms with Gasteiger partial charge in [0.05, 0.1) is 29.9 Å². The van der Waals surface area contributed by atoms with E-state index < -0.39 is 0 Å². The fourth-order valence-electron chi connectivity index (χ4n) is 4.50. The molecular weight excluding hydrogens is 346 g/mol. The Morgan fingerprint density at radius 1 is 1.26 bits per heavy atom. The lowest BCUT2D eigenvalue weighted by molar-refractivity contribution is -0.140. The first-order valence-electron chi connectivity index (χ1n) is 9.35. The van der Waals surface area contributed by atoms with Crippen molar-refractivity contribution >= 4 is 5.91 Å². The van der Waals surface area contributed by atoms with Crippen LogP contribution in [0, 0.1) is 0 Å². The summed E-state index contributed by atoms with van der Waals surface area (Å²) < 4.78 is 13.1. The molecule has 0 radical (unpaired) electrons. The van der Waals surface area contributed by atoms with E-state index in [9.17, 15) is 4.79 Å². The third-order valence-corrected chi connectivity index (χ3v) is 6.10. The first kappa shape index (κ1) is 18.1. The number of nitrogens with zero attached hydrogens (tertiary/aromatic N) is 5. The van der Waals surface area contributed by atoms with Crippen molar-refractivity contribution in [2.45, 2.75) is 49.9 Å². The predicted octanol–water partition coefficient (Wildman–Crippen LogP) is 1.39. The van der Waals surface area contributed by atoms with Crippen molar-refractivity contribution in [1.29, 1.82) is 0 Å². The maximum absolute atomic E-state index is 13.0. The lowest BCUT2D eigenvalue weighted by Gasteiger charge is -2.43. The SMILES string of the molecule is COC1CCC2(OC)CCN(C(=O)Cc3ccc(-n4cnnn4)cc3)C2C1. The Bertz CT molecular complexity index is 779. The summed E-state index contributed by atoms with van der Waals surface area (Å²) in [4.78, 5) is 15.0. The number of likely N-dealkylation sites (tertiary alicyclic amines) is 1. The minimum Gasteiger partial charge on any atom is -0.381 e. The van der Waals surface area contributed by atoms with Crippen LogP contribution in [0.1, 0.15) is 31.2 Å². The summed E-state index contributed by atoms with van der Waals surface area (Å²) in [6.07, 6.45) is 5.79. The van der Waals surface area contributed by atoms with E-state index in [-0.39, 0.29) is 23.7 Å². The van der Waals surface area contributed by atoms with Crippen LogP contribution in [0.3, 0.4) is 0 Å². The normalized spacial score (nSPS) is 27.6. The number of carbonyl (C=O) groups is 1. The zero-order valence-corrected chi connectivity index (χ0v) is 15.7. The Hall–Kier alpha value is -2.32. The number of hydrogen-bond donors (Lipinski definition) is 0. The lowest BCUT2D eigenvalue weighted by Crippen LogP contribution is -2.53. The van der Waals surface area contributed by atoms with Crippen LogP contribution in [0.15, 0.2) is 30.6 Å². The molecule has 27 heavy (non-hydrogen) atoms. The zero-order valence-electron chi connectivity index (χ0n) is 15.7. The molecule has 1 saturated carbocycles. The van der Waals surface area contributed by atoms with Gasteiger partial charge in [0.15, 0.2) is 0 Å². The van der Waals surface area contributed by atoms with Gasteiger partial charge in [-0.1, -0.05) is 12.1 Å². The molecular formula is C19H25N5O3. The second-order valence-corrected chi connectivity index (χ2v) is 7.35. The van der Waals surface area contributed by atoms with Crippen molar-refractivity contribution in [3.63, 3.8) is 0 Å². The van der Waals surface area contributed by atoms with Crippen LogP contribution in [-0.4, -0.2) is 69.5 Å². The van der Waals surface area contributed by atoms with E-state index in [4.69, 9.17) is 9.47 Å². The number of rotatable bonds is 5. The van der Waals surface area contributed by atoms with Crippen LogP contribution in [0.4, 0.5) is 0 Å². The molecule has 1 amide bonds. The van der Waals surface area contributed by atoms with Crippen LogP contribution in [0.25, 0.3) is 5.69 Å². The van der Waals surface area contributed by atoms with E-state index in [2.05, 4.69) is 15.5 Å². The van der Waals surface area contributed by atoms with E-state index in [1.807, 2.05) is 29.2 Å². The number of tetrazole rings is 1. The molecule has 2 heterocycles. The Morgan fingerprint density at radius 3 is 2.74 bits per heavy atom. The Kier molecular flexibility index (Phi) is 4.92. The van der Waals surface area contributed by atoms with Gasteiger partial charge in [-0.2, -0.15) is 0 Å². The van der Waals surface area contributed by atoms with Gasteiger partial charge in [-0.25, -0.2) is 4.68 Å². The number of fused-ring (bicyclic) bond motifs is 1. The molecule has 0 bridgehead atoms. The van der Waals surface area contributed by atoms with Gasteiger partial charge in [0, 0.05) is 20.8 Å². The van der Waals surface area contributed by atoms with Gasteiger partial charge >= 0.3 is 0 Å². The quantitative estimate of drug-likeness (QED) is 0.790. The van der Waals surface area contributed by atoms with E-state index >= 15 is 0 Å². The van der Waals surface area contributed by atoms with Gasteiger partial charge in [-0.3, -0.25) is 4.79 Å². The highest BCUT2D eigenvalue weighted by Crippen LogP contribution is 2.43. The average molecular weight is 371 g/mol. The smallest absolute Gasteiger partial charge is 0.227 e. The van der Waals surface area contributed by atoms with Gasteiger partial charge in [0.2, 0.25) is 5.91 Å². The zero-order chi connectivity index (χ0) is 18.9. The average Bonchev–Trinajstić information content (AvgIpc) is 3.36. The standard InChI is InChI=1S/C19H25N5O3/c1-26-16-7-8-19(27-2)9-10-23(17(19)12-16)18(25)11-14-3-5-15(6-4-14)24-13-20-21-22-24/h3-6,13,16-17H,7-12H2,1-2H3. The monoisotopic (exact) mass is 371 g/mol. The van der Waals surface area contributed by atoms with Crippen LogP contribution in [0.5, 0.6) is 0 Å². The predicted molar refractivity (Wildman–Crippen MR) is 97.4 cm³/mol. The van der Waals surface area contributed by atoms with Crippen LogP contribution in [-0.2, 0) is 20.7 Å². The second-order valence-electron chi connectivity index (χ2n) is 7.35. The molecule has 1 aliphatic heterocycles. The summed E-state index contributed by atoms with van der Waals surface area (Å²) in [5, 5.41) is 11.1. The first-order valence-corrected chi connectivity index (χ1v) is 9.35. The van der Waals surface area contributed by atoms with Crippen molar-refractivity contribution in [3.05, 3.63) is 36.2 Å². The maximum atomic E-state index is 13.0. The number of ether oxygens (including phenoxy) is 2. The lowest BCUT2D eigenvalue weighted by atomic mass is 9.79. The number of carbonyl (C=O) groups excluding carboxylic acids is 1. The van der Waals surface area contributed by atoms with E-state index in [1.54, 1.807) is 25.2 Å². The molecule has 8 heteroatoms. The molecule has 2 fully saturated rings. The molecule has 1 saturated heterocycles. The van der Waals surface area contributed by atoms with Gasteiger partial charge in [-0.15, -0.1) is 5.10 Å². The number of methoxy groups -OCH3 is 2. The fraction of sp³-hybridized carbons (Fsp3) is 0.579. The van der Waals surface area contributed by atoms with Crippen molar-refractivity contribution in [2.24, 2.45) is 0 Å². The summed E-state index contributed by atoms with van der Waals surface area (Å²) in [5.41, 5.74) is 1.63. The van der Waals surface area contributed by atoms with Gasteiger partial charge < -0.3 is 14.4 Å². The van der Waals surface area contributed by atoms with Crippen molar-refractivity contribution in [2.75, 3.05) is 20.8 Å². The van der Waals surface area contributed by atoms with Crippen LogP contribution in [0.2, 0.25) is 0 Å². The third kappa shape index (κ3) is 3.35. The van der Waals surface area contributed by atoms with Gasteiger partial charge in [0.1, 0.15) is 6.33 Å². The maximum Gasteiger partial charge on any atom is 0.227 e. The van der Waals surface area contributed by atoms with Crippen LogP contribution < -0.4 is 0 Å². The van der Waals surface area contributed by atoms with Crippen molar-refractivity contribution in [3.8, 4) is 5.69 Å². The molecule has 0 N–H and O–H groups in total. The molecule has 4 rings (SSSR count). The summed E-state index contributed by atoms with van der Waals surface area (Å²) in [7, 11) is 3.52. The molecule has 144 valence electrons.